The summed E-state index contributed by atoms with van der Waals surface area (Å²) in [7, 11) is 0. The number of ketones is 1. The summed E-state index contributed by atoms with van der Waals surface area (Å²) in [6, 6.07) is 0. The number of hydrogen-bond acceptors (Lipinski definition) is 3. The number of carbonyl (C=O) groups is 1. The van der Waals surface area contributed by atoms with Crippen molar-refractivity contribution in [3.05, 3.63) is 19.6 Å². The van der Waals surface area contributed by atoms with Gasteiger partial charge >= 0.3 is 0 Å². The molecule has 0 aliphatic rings. The van der Waals surface area contributed by atoms with Crippen LogP contribution in [0.3, 0.4) is 0 Å². The van der Waals surface area contributed by atoms with Crippen molar-refractivity contribution < 1.29 is 15.0 Å². The molecule has 2 N–H and O–H groups in total. The molecule has 0 heterocycles. The monoisotopic (exact) mass is 171 g/mol. The number of rotatable bonds is 4. The Kier molecular flexibility index (Phi) is 3.18. The predicted octanol–water partition coefficient (Wildman–Crippen LogP) is 0.468. The van der Waals surface area contributed by atoms with Crippen molar-refractivity contribution in [1.29, 1.82) is 0 Å². The number of aliphatic hydroxyl groups is 2. The first-order chi connectivity index (χ1) is 5.29. The average molecular weight is 171 g/mol. The van der Waals surface area contributed by atoms with E-state index in [4.69, 9.17) is 0 Å². The van der Waals surface area contributed by atoms with E-state index in [9.17, 15) is 15.0 Å². The summed E-state index contributed by atoms with van der Waals surface area (Å²) >= 11 is 0. The zero-order valence-corrected chi connectivity index (χ0v) is 7.50. The molecule has 0 amide bonds. The summed E-state index contributed by atoms with van der Waals surface area (Å²) in [6.45, 7) is 9.45. The molecule has 1 radical (unpaired) electrons. The maximum absolute atomic E-state index is 11.1. The van der Waals surface area contributed by atoms with Crippen molar-refractivity contribution in [3.8, 4) is 0 Å². The number of hydrogen-bond donors (Lipinski definition) is 2. The van der Waals surface area contributed by atoms with Gasteiger partial charge in [0.05, 0.1) is 5.60 Å². The zero-order chi connectivity index (χ0) is 9.99. The summed E-state index contributed by atoms with van der Waals surface area (Å²) in [5.41, 5.74) is -3.51. The second-order valence-corrected chi connectivity index (χ2v) is 3.06. The molecule has 0 aromatic rings. The Balaban J connectivity index is 4.93. The van der Waals surface area contributed by atoms with Crippen molar-refractivity contribution >= 4 is 5.78 Å². The molecule has 0 rings (SSSR count). The highest BCUT2D eigenvalue weighted by Crippen LogP contribution is 2.26. The van der Waals surface area contributed by atoms with E-state index in [-0.39, 0.29) is 6.42 Å². The molecule has 12 heavy (non-hydrogen) atoms. The smallest absolute Gasteiger partial charge is 0.189 e. The number of carbonyl (C=O) groups excluding carboxylic acids is 1. The van der Waals surface area contributed by atoms with Crippen LogP contribution in [0.25, 0.3) is 0 Å². The first-order valence-electron chi connectivity index (χ1n) is 3.76. The molecule has 0 spiro atoms. The Morgan fingerprint density at radius 1 is 1.58 bits per heavy atom. The molecular formula is C9H15O3. The molecule has 0 aromatic heterocycles. The van der Waals surface area contributed by atoms with Gasteiger partial charge in [-0.2, -0.15) is 0 Å². The van der Waals surface area contributed by atoms with Gasteiger partial charge in [0.2, 0.25) is 0 Å². The van der Waals surface area contributed by atoms with Crippen molar-refractivity contribution in [1.82, 2.24) is 0 Å². The zero-order valence-electron chi connectivity index (χ0n) is 7.50. The van der Waals surface area contributed by atoms with E-state index in [2.05, 4.69) is 13.5 Å². The van der Waals surface area contributed by atoms with Crippen LogP contribution in [0.15, 0.2) is 12.7 Å². The van der Waals surface area contributed by atoms with E-state index in [1.54, 1.807) is 6.92 Å². The van der Waals surface area contributed by atoms with Gasteiger partial charge in [-0.25, -0.2) is 0 Å². The standard InChI is InChI=1S/C9H15O3/c1-5-7(10)9(12,6-2)8(3,4)11/h5,11-12H,1,3,6H2,2,4H3. The second-order valence-electron chi connectivity index (χ2n) is 3.06. The summed E-state index contributed by atoms with van der Waals surface area (Å²) < 4.78 is 0. The molecule has 3 nitrogen and oxygen atoms in total. The SMILES string of the molecule is [CH2]C(C)(O)C(O)(CC)C(=O)C=C. The van der Waals surface area contributed by atoms with E-state index in [0.717, 1.165) is 6.08 Å². The van der Waals surface area contributed by atoms with Crippen molar-refractivity contribution in [2.45, 2.75) is 31.5 Å². The van der Waals surface area contributed by atoms with Crippen LogP contribution in [0.1, 0.15) is 20.3 Å². The van der Waals surface area contributed by atoms with Gasteiger partial charge < -0.3 is 10.2 Å². The van der Waals surface area contributed by atoms with Crippen LogP contribution in [-0.2, 0) is 4.79 Å². The Bertz CT molecular complexity index is 190. The van der Waals surface area contributed by atoms with Gasteiger partial charge in [-0.1, -0.05) is 13.5 Å². The van der Waals surface area contributed by atoms with Gasteiger partial charge in [-0.05, 0) is 26.3 Å². The maximum atomic E-state index is 11.1. The molecule has 0 aromatic carbocycles. The quantitative estimate of drug-likeness (QED) is 0.604. The van der Waals surface area contributed by atoms with E-state index in [1.165, 1.54) is 6.92 Å². The van der Waals surface area contributed by atoms with Crippen LogP contribution in [0.2, 0.25) is 0 Å². The highest BCUT2D eigenvalue weighted by molar-refractivity contribution is 5.97. The highest BCUT2D eigenvalue weighted by atomic mass is 16.4. The summed E-state index contributed by atoms with van der Waals surface area (Å²) in [5.74, 6) is -0.606. The molecule has 0 saturated carbocycles. The molecule has 3 heteroatoms. The first kappa shape index (κ1) is 11.3. The van der Waals surface area contributed by atoms with Crippen LogP contribution in [0, 0.1) is 6.92 Å². The molecule has 0 bridgehead atoms. The van der Waals surface area contributed by atoms with Gasteiger partial charge in [-0.3, -0.25) is 4.79 Å². The molecular weight excluding hydrogens is 156 g/mol. The van der Waals surface area contributed by atoms with Crippen molar-refractivity contribution in [2.75, 3.05) is 0 Å². The highest BCUT2D eigenvalue weighted by Gasteiger charge is 2.45. The lowest BCUT2D eigenvalue weighted by atomic mass is 9.80. The maximum Gasteiger partial charge on any atom is 0.189 e. The van der Waals surface area contributed by atoms with E-state index >= 15 is 0 Å². The van der Waals surface area contributed by atoms with Crippen molar-refractivity contribution in [2.24, 2.45) is 0 Å². The van der Waals surface area contributed by atoms with Gasteiger partial charge in [-0.15, -0.1) is 0 Å². The Morgan fingerprint density at radius 2 is 2.00 bits per heavy atom. The van der Waals surface area contributed by atoms with Gasteiger partial charge in [0.1, 0.15) is 0 Å². The van der Waals surface area contributed by atoms with E-state index < -0.39 is 17.0 Å². The third kappa shape index (κ3) is 1.73. The van der Waals surface area contributed by atoms with E-state index in [1.807, 2.05) is 0 Å². The third-order valence-electron chi connectivity index (χ3n) is 2.00. The predicted molar refractivity (Wildman–Crippen MR) is 46.4 cm³/mol. The summed E-state index contributed by atoms with van der Waals surface area (Å²) in [6.07, 6.45) is 1.09. The van der Waals surface area contributed by atoms with Crippen LogP contribution >= 0.6 is 0 Å². The van der Waals surface area contributed by atoms with Crippen LogP contribution in [0.4, 0.5) is 0 Å². The molecule has 0 fully saturated rings. The normalized spacial score (nSPS) is 16.8. The average Bonchev–Trinajstić information content (AvgIpc) is 1.99. The molecule has 0 aliphatic heterocycles. The lowest BCUT2D eigenvalue weighted by Gasteiger charge is -2.35. The largest absolute Gasteiger partial charge is 0.387 e. The third-order valence-corrected chi connectivity index (χ3v) is 2.00. The lowest BCUT2D eigenvalue weighted by Crippen LogP contribution is -2.55. The van der Waals surface area contributed by atoms with Crippen LogP contribution < -0.4 is 0 Å². The van der Waals surface area contributed by atoms with E-state index in [0.29, 0.717) is 0 Å². The molecule has 2 atom stereocenters. The fourth-order valence-corrected chi connectivity index (χ4v) is 0.989. The second kappa shape index (κ2) is 3.37. The molecule has 0 saturated heterocycles. The Morgan fingerprint density at radius 3 is 2.08 bits per heavy atom. The molecule has 2 unspecified atom stereocenters. The molecule has 0 aliphatic carbocycles. The van der Waals surface area contributed by atoms with Gasteiger partial charge in [0.25, 0.3) is 0 Å². The fraction of sp³-hybridized carbons (Fsp3) is 0.556. The van der Waals surface area contributed by atoms with Crippen LogP contribution in [0.5, 0.6) is 0 Å². The Hall–Kier alpha value is -0.670. The minimum absolute atomic E-state index is 0.106. The van der Waals surface area contributed by atoms with Gasteiger partial charge in [0.15, 0.2) is 11.4 Å². The Labute approximate surface area is 72.7 Å². The minimum atomic E-state index is -1.82. The van der Waals surface area contributed by atoms with Gasteiger partial charge in [0, 0.05) is 0 Å². The summed E-state index contributed by atoms with van der Waals surface area (Å²) in [4.78, 5) is 11.1. The molecule has 69 valence electrons. The fourth-order valence-electron chi connectivity index (χ4n) is 0.989. The van der Waals surface area contributed by atoms with Crippen LogP contribution in [-0.4, -0.2) is 27.2 Å². The topological polar surface area (TPSA) is 57.5 Å². The van der Waals surface area contributed by atoms with Crippen molar-refractivity contribution in [3.63, 3.8) is 0 Å². The lowest BCUT2D eigenvalue weighted by molar-refractivity contribution is -0.156. The minimum Gasteiger partial charge on any atom is -0.387 e. The summed E-state index contributed by atoms with van der Waals surface area (Å²) in [5, 5.41) is 19.1. The first-order valence-corrected chi connectivity index (χ1v) is 3.76.